The Morgan fingerprint density at radius 3 is 2.33 bits per heavy atom. The van der Waals surface area contributed by atoms with Crippen LogP contribution in [0.1, 0.15) is 68.2 Å². The van der Waals surface area contributed by atoms with E-state index in [0.717, 1.165) is 34.6 Å². The number of rotatable bonds is 3. The van der Waals surface area contributed by atoms with Crippen LogP contribution >= 0.6 is 0 Å². The van der Waals surface area contributed by atoms with Crippen molar-refractivity contribution in [2.75, 3.05) is 5.32 Å². The number of hydrogen-bond donors (Lipinski definition) is 2. The van der Waals surface area contributed by atoms with Gasteiger partial charge in [0.2, 0.25) is 5.95 Å². The van der Waals surface area contributed by atoms with Crippen LogP contribution in [-0.2, 0) is 0 Å². The van der Waals surface area contributed by atoms with E-state index in [4.69, 9.17) is 11.6 Å². The van der Waals surface area contributed by atoms with Crippen molar-refractivity contribution >= 4 is 17.7 Å². The quantitative estimate of drug-likeness (QED) is 0.694. The molecule has 0 radical (unpaired) electrons. The molecular formula is C25H26N4O. The second-order valence-electron chi connectivity index (χ2n) is 10.1. The minimum absolute atomic E-state index is 0.0287. The standard InChI is InChI=1S/C25H26N4O/c1-14-7-20-22(21(14)18-3-5-19(26-2)6-4-18)27-24(28-23(20)30)29-25-11-15-8-16(12-25)10-17(9-15)13-25/h3-7,15-17,21H,8-13H2,1H3,(H2,27,28,29,30). The van der Waals surface area contributed by atoms with Crippen molar-refractivity contribution < 1.29 is 0 Å². The van der Waals surface area contributed by atoms with Crippen LogP contribution in [0, 0.1) is 24.3 Å². The lowest BCUT2D eigenvalue weighted by atomic mass is 9.53. The molecule has 1 heterocycles. The predicted molar refractivity (Wildman–Crippen MR) is 118 cm³/mol. The van der Waals surface area contributed by atoms with Gasteiger partial charge in [0, 0.05) is 11.5 Å². The number of allylic oxidation sites excluding steroid dienone is 1. The molecule has 4 fully saturated rings. The summed E-state index contributed by atoms with van der Waals surface area (Å²) in [6.45, 7) is 9.24. The second-order valence-corrected chi connectivity index (χ2v) is 10.1. The Hall–Kier alpha value is -2.87. The predicted octanol–water partition coefficient (Wildman–Crippen LogP) is 5.25. The molecule has 5 aliphatic rings. The molecule has 1 aromatic heterocycles. The molecule has 1 aromatic carbocycles. The number of fused-ring (bicyclic) bond motifs is 1. The Morgan fingerprint density at radius 2 is 1.73 bits per heavy atom. The molecule has 2 aromatic rings. The maximum Gasteiger partial charge on any atom is 0.259 e. The Morgan fingerprint density at radius 1 is 1.10 bits per heavy atom. The molecule has 0 aliphatic heterocycles. The first-order valence-corrected chi connectivity index (χ1v) is 11.1. The van der Waals surface area contributed by atoms with Crippen LogP contribution in [0.15, 0.2) is 34.6 Å². The van der Waals surface area contributed by atoms with Crippen LogP contribution < -0.4 is 10.9 Å². The van der Waals surface area contributed by atoms with Gasteiger partial charge < -0.3 is 5.32 Å². The normalized spacial score (nSPS) is 33.1. The Labute approximate surface area is 176 Å². The van der Waals surface area contributed by atoms with E-state index in [-0.39, 0.29) is 17.0 Å². The average Bonchev–Trinajstić information content (AvgIpc) is 3.03. The zero-order chi connectivity index (χ0) is 20.5. The lowest BCUT2D eigenvalue weighted by Gasteiger charge is -2.57. The summed E-state index contributed by atoms with van der Waals surface area (Å²) in [4.78, 5) is 24.4. The molecule has 5 nitrogen and oxygen atoms in total. The molecule has 5 aliphatic carbocycles. The fourth-order valence-corrected chi connectivity index (χ4v) is 7.12. The smallest absolute Gasteiger partial charge is 0.259 e. The van der Waals surface area contributed by atoms with E-state index >= 15 is 0 Å². The number of nitrogens with one attached hydrogen (secondary N) is 2. The summed E-state index contributed by atoms with van der Waals surface area (Å²) in [7, 11) is 0. The molecule has 0 saturated heterocycles. The SMILES string of the molecule is [C-]#[N+]c1ccc(C2C(C)=Cc3c2nc(NC24CC5CC(CC(C5)C2)C4)[nH]c3=O)cc1. The summed E-state index contributed by atoms with van der Waals surface area (Å²) in [5, 5.41) is 3.73. The molecule has 4 bridgehead atoms. The highest BCUT2D eigenvalue weighted by Gasteiger charge is 2.51. The van der Waals surface area contributed by atoms with Gasteiger partial charge in [-0.2, -0.15) is 0 Å². The van der Waals surface area contributed by atoms with Gasteiger partial charge in [0.25, 0.3) is 5.56 Å². The fraction of sp³-hybridized carbons (Fsp3) is 0.480. The van der Waals surface area contributed by atoms with Crippen LogP contribution in [0.25, 0.3) is 10.9 Å². The van der Waals surface area contributed by atoms with Gasteiger partial charge in [-0.1, -0.05) is 29.8 Å². The highest BCUT2D eigenvalue weighted by atomic mass is 16.1. The minimum atomic E-state index is -0.0631. The average molecular weight is 399 g/mol. The van der Waals surface area contributed by atoms with Crippen LogP contribution in [0.3, 0.4) is 0 Å². The summed E-state index contributed by atoms with van der Waals surface area (Å²) in [5.74, 6) is 3.11. The van der Waals surface area contributed by atoms with Crippen LogP contribution in [0.5, 0.6) is 0 Å². The van der Waals surface area contributed by atoms with Crippen LogP contribution in [0.2, 0.25) is 0 Å². The summed E-state index contributed by atoms with van der Waals surface area (Å²) >= 11 is 0. The first kappa shape index (κ1) is 17.9. The molecule has 0 amide bonds. The van der Waals surface area contributed by atoms with Crippen molar-refractivity contribution in [2.24, 2.45) is 17.8 Å². The van der Waals surface area contributed by atoms with Crippen molar-refractivity contribution in [3.63, 3.8) is 0 Å². The van der Waals surface area contributed by atoms with Gasteiger partial charge >= 0.3 is 0 Å². The number of H-pyrrole nitrogens is 1. The maximum absolute atomic E-state index is 12.9. The summed E-state index contributed by atoms with van der Waals surface area (Å²) in [6, 6.07) is 7.66. The van der Waals surface area contributed by atoms with Crippen molar-refractivity contribution in [3.05, 3.63) is 68.4 Å². The van der Waals surface area contributed by atoms with Gasteiger partial charge in [0.1, 0.15) is 0 Å². The van der Waals surface area contributed by atoms with Crippen LogP contribution in [-0.4, -0.2) is 15.5 Å². The first-order chi connectivity index (χ1) is 14.5. The van der Waals surface area contributed by atoms with Gasteiger partial charge in [-0.3, -0.25) is 9.78 Å². The van der Waals surface area contributed by atoms with Crippen LogP contribution in [0.4, 0.5) is 11.6 Å². The van der Waals surface area contributed by atoms with E-state index in [2.05, 4.69) is 22.1 Å². The minimum Gasteiger partial charge on any atom is -0.350 e. The molecule has 0 spiro atoms. The van der Waals surface area contributed by atoms with E-state index in [1.54, 1.807) is 0 Å². The Bertz CT molecular complexity index is 1120. The third kappa shape index (κ3) is 2.74. The molecule has 5 heteroatoms. The number of hydrogen-bond acceptors (Lipinski definition) is 3. The van der Waals surface area contributed by atoms with E-state index in [9.17, 15) is 4.79 Å². The lowest BCUT2D eigenvalue weighted by molar-refractivity contribution is 0.0103. The van der Waals surface area contributed by atoms with Crippen molar-refractivity contribution in [1.82, 2.24) is 9.97 Å². The molecule has 2 N–H and O–H groups in total. The van der Waals surface area contributed by atoms with E-state index in [0.29, 0.717) is 17.2 Å². The lowest BCUT2D eigenvalue weighted by Crippen LogP contribution is -2.55. The third-order valence-electron chi connectivity index (χ3n) is 7.86. The molecule has 30 heavy (non-hydrogen) atoms. The summed E-state index contributed by atoms with van der Waals surface area (Å²) in [5.41, 5.74) is 4.36. The molecule has 4 saturated carbocycles. The Balaban J connectivity index is 1.36. The van der Waals surface area contributed by atoms with Crippen molar-refractivity contribution in [2.45, 2.75) is 56.9 Å². The van der Waals surface area contributed by atoms with E-state index in [1.807, 2.05) is 30.3 Å². The van der Waals surface area contributed by atoms with Gasteiger partial charge in [-0.15, -0.1) is 0 Å². The molecule has 7 rings (SSSR count). The number of nitrogens with zero attached hydrogens (tertiary/aromatic N) is 2. The van der Waals surface area contributed by atoms with Crippen molar-refractivity contribution in [1.29, 1.82) is 0 Å². The van der Waals surface area contributed by atoms with Gasteiger partial charge in [0.15, 0.2) is 5.69 Å². The summed E-state index contributed by atoms with van der Waals surface area (Å²) < 4.78 is 0. The zero-order valence-electron chi connectivity index (χ0n) is 17.2. The number of aromatic amines is 1. The van der Waals surface area contributed by atoms with E-state index in [1.165, 1.54) is 38.5 Å². The van der Waals surface area contributed by atoms with Gasteiger partial charge in [-0.05, 0) is 74.8 Å². The van der Waals surface area contributed by atoms with Gasteiger partial charge in [0.05, 0.1) is 17.8 Å². The number of aromatic nitrogens is 2. The second kappa shape index (κ2) is 6.31. The van der Waals surface area contributed by atoms with Gasteiger partial charge in [-0.25, -0.2) is 9.83 Å². The van der Waals surface area contributed by atoms with E-state index < -0.39 is 0 Å². The maximum atomic E-state index is 12.9. The highest BCUT2D eigenvalue weighted by molar-refractivity contribution is 5.67. The zero-order valence-corrected chi connectivity index (χ0v) is 17.2. The first-order valence-electron chi connectivity index (χ1n) is 11.1. The Kier molecular flexibility index (Phi) is 3.78. The number of anilines is 1. The van der Waals surface area contributed by atoms with Crippen molar-refractivity contribution in [3.8, 4) is 0 Å². The molecular weight excluding hydrogens is 372 g/mol. The molecule has 152 valence electrons. The fourth-order valence-electron chi connectivity index (χ4n) is 7.12. The summed E-state index contributed by atoms with van der Waals surface area (Å²) in [6.07, 6.45) is 9.75. The monoisotopic (exact) mass is 398 g/mol. The molecule has 1 unspecified atom stereocenters. The third-order valence-corrected chi connectivity index (χ3v) is 7.86. The molecule has 1 atom stereocenters. The number of benzene rings is 1. The topological polar surface area (TPSA) is 62.1 Å². The largest absolute Gasteiger partial charge is 0.350 e. The highest BCUT2D eigenvalue weighted by Crippen LogP contribution is 2.56.